The molecule has 0 unspecified atom stereocenters. The summed E-state index contributed by atoms with van der Waals surface area (Å²) in [6.45, 7) is 3.26. The maximum Gasteiger partial charge on any atom is 0.343 e. The second kappa shape index (κ2) is 15.0. The SMILES string of the molecule is CCOC(=O)/C(C(C)=O)=c1/[nH]c2cc1c(-c1ccccc1)c1ccc([nH]1)c(-c1ccccc1)c1nc(c(-c3ccccc3)c3ccc([nH]3)c2-c2ccccc2)C=C1. The van der Waals surface area contributed by atoms with Crippen molar-refractivity contribution < 1.29 is 14.3 Å². The number of hydrogen-bond donors (Lipinski definition) is 3. The summed E-state index contributed by atoms with van der Waals surface area (Å²) >= 11 is 0. The first-order valence-corrected chi connectivity index (χ1v) is 19.0. The maximum absolute atomic E-state index is 13.8. The lowest BCUT2D eigenvalue weighted by Crippen LogP contribution is -2.22. The van der Waals surface area contributed by atoms with Gasteiger partial charge in [0, 0.05) is 55.2 Å². The number of Topliss-reactive ketones (excluding diaryl/α,β-unsaturated/α-hetero) is 1. The van der Waals surface area contributed by atoms with Gasteiger partial charge in [0.05, 0.1) is 23.3 Å². The third kappa shape index (κ3) is 6.55. The molecular formula is C50H38N4O3. The van der Waals surface area contributed by atoms with Gasteiger partial charge in [-0.3, -0.25) is 4.79 Å². The van der Waals surface area contributed by atoms with Crippen molar-refractivity contribution in [2.75, 3.05) is 6.61 Å². The summed E-state index contributed by atoms with van der Waals surface area (Å²) in [5, 5.41) is 1.04. The van der Waals surface area contributed by atoms with Crippen molar-refractivity contribution >= 4 is 62.4 Å². The number of ether oxygens (including phenoxy) is 1. The normalized spacial score (nSPS) is 12.1. The van der Waals surface area contributed by atoms with Crippen LogP contribution in [0, 0.1) is 0 Å². The van der Waals surface area contributed by atoms with E-state index < -0.39 is 11.8 Å². The Labute approximate surface area is 329 Å². The first-order valence-electron chi connectivity index (χ1n) is 19.0. The summed E-state index contributed by atoms with van der Waals surface area (Å²) in [4.78, 5) is 43.9. The number of hydrogen-bond acceptors (Lipinski definition) is 4. The number of rotatable bonds is 7. The zero-order valence-corrected chi connectivity index (χ0v) is 31.5. The fourth-order valence-corrected chi connectivity index (χ4v) is 7.84. The molecule has 276 valence electrons. The van der Waals surface area contributed by atoms with Crippen LogP contribution < -0.4 is 5.35 Å². The summed E-state index contributed by atoms with van der Waals surface area (Å²) in [5.41, 5.74) is 13.1. The second-order valence-electron chi connectivity index (χ2n) is 13.9. The molecule has 4 aromatic heterocycles. The lowest BCUT2D eigenvalue weighted by Gasteiger charge is -2.06. The van der Waals surface area contributed by atoms with Gasteiger partial charge in [-0.2, -0.15) is 0 Å². The molecule has 0 amide bonds. The van der Waals surface area contributed by atoms with Gasteiger partial charge in [0.15, 0.2) is 5.78 Å². The highest BCUT2D eigenvalue weighted by atomic mass is 16.5. The van der Waals surface area contributed by atoms with E-state index in [-0.39, 0.29) is 12.2 Å². The van der Waals surface area contributed by atoms with Gasteiger partial charge in [0.25, 0.3) is 0 Å². The van der Waals surface area contributed by atoms with Crippen LogP contribution in [0.3, 0.4) is 0 Å². The molecule has 8 aromatic rings. The van der Waals surface area contributed by atoms with E-state index in [4.69, 9.17) is 9.72 Å². The van der Waals surface area contributed by atoms with E-state index in [1.54, 1.807) is 6.92 Å². The Morgan fingerprint density at radius 3 is 1.35 bits per heavy atom. The molecule has 0 radical (unpaired) electrons. The summed E-state index contributed by atoms with van der Waals surface area (Å²) in [7, 11) is 0. The smallest absolute Gasteiger partial charge is 0.343 e. The third-order valence-corrected chi connectivity index (χ3v) is 10.3. The van der Waals surface area contributed by atoms with Gasteiger partial charge in [-0.15, -0.1) is 0 Å². The van der Waals surface area contributed by atoms with Crippen molar-refractivity contribution in [1.82, 2.24) is 19.9 Å². The van der Waals surface area contributed by atoms with E-state index in [9.17, 15) is 9.59 Å². The molecule has 3 N–H and O–H groups in total. The minimum Gasteiger partial charge on any atom is -0.462 e. The van der Waals surface area contributed by atoms with Gasteiger partial charge in [0.1, 0.15) is 5.57 Å². The Balaban J connectivity index is 1.58. The molecule has 57 heavy (non-hydrogen) atoms. The predicted octanol–water partition coefficient (Wildman–Crippen LogP) is 10.9. The summed E-state index contributed by atoms with van der Waals surface area (Å²) < 4.78 is 5.54. The first-order chi connectivity index (χ1) is 28.0. The molecule has 7 nitrogen and oxygen atoms in total. The number of aromatic nitrogens is 4. The van der Waals surface area contributed by atoms with E-state index in [0.29, 0.717) is 16.3 Å². The maximum atomic E-state index is 13.8. The molecular weight excluding hydrogens is 705 g/mol. The lowest BCUT2D eigenvalue weighted by atomic mass is 10.0. The van der Waals surface area contributed by atoms with Crippen LogP contribution in [0.15, 0.2) is 152 Å². The van der Waals surface area contributed by atoms with Crippen molar-refractivity contribution in [3.05, 3.63) is 168 Å². The summed E-state index contributed by atoms with van der Waals surface area (Å²) in [6.07, 6.45) is 4.17. The molecule has 8 bridgehead atoms. The van der Waals surface area contributed by atoms with Crippen molar-refractivity contribution in [3.8, 4) is 44.5 Å². The van der Waals surface area contributed by atoms with E-state index >= 15 is 0 Å². The minimum atomic E-state index is -0.687. The lowest BCUT2D eigenvalue weighted by molar-refractivity contribution is -0.137. The summed E-state index contributed by atoms with van der Waals surface area (Å²) in [5.74, 6) is -1.09. The highest BCUT2D eigenvalue weighted by molar-refractivity contribution is 6.38. The average Bonchev–Trinajstić information content (AvgIpc) is 4.08. The molecule has 0 fully saturated rings. The molecule has 0 saturated heterocycles. The second-order valence-corrected chi connectivity index (χ2v) is 13.9. The number of benzene rings is 4. The fraction of sp³-hybridized carbons (Fsp3) is 0.0600. The molecule has 0 atom stereocenters. The monoisotopic (exact) mass is 742 g/mol. The standard InChI is InChI=1S/C50H38N4O3/c1-3-57-50(56)44(31(2)55)49-36-30-43(54-49)48(35-22-14-7-15-23-35)42-29-28-41(53-42)47(34-20-12-6-13-21-34)40-27-26-39(52-40)46(33-18-10-5-11-19-33)38-25-24-37(51-38)45(36)32-16-8-4-9-17-32/h4-30,51,53-54H,3H2,1-2H3/b45-36?,45-37?,46-38?,46-39?,47-40?,47-41?,48-42?,48-43?,49-44+. The fourth-order valence-electron chi connectivity index (χ4n) is 7.84. The number of ketones is 1. The minimum absolute atomic E-state index is 0.0553. The van der Waals surface area contributed by atoms with Crippen molar-refractivity contribution in [1.29, 1.82) is 0 Å². The largest absolute Gasteiger partial charge is 0.462 e. The molecule has 0 saturated carbocycles. The third-order valence-electron chi connectivity index (χ3n) is 10.3. The average molecular weight is 743 g/mol. The van der Waals surface area contributed by atoms with Crippen LogP contribution in [0.1, 0.15) is 25.2 Å². The molecule has 4 aromatic carbocycles. The van der Waals surface area contributed by atoms with Crippen LogP contribution in [0.5, 0.6) is 0 Å². The quantitative estimate of drug-likeness (QED) is 0.112. The van der Waals surface area contributed by atoms with Crippen molar-refractivity contribution in [3.63, 3.8) is 0 Å². The number of esters is 1. The highest BCUT2D eigenvalue weighted by Gasteiger charge is 2.22. The first kappa shape index (κ1) is 35.2. The Hall–Kier alpha value is -7.51. The van der Waals surface area contributed by atoms with Gasteiger partial charge in [0.2, 0.25) is 0 Å². The number of nitrogens with zero attached hydrogens (tertiary/aromatic N) is 1. The number of carbonyl (C=O) groups excluding carboxylic acids is 2. The molecule has 1 aliphatic heterocycles. The van der Waals surface area contributed by atoms with Crippen LogP contribution >= 0.6 is 0 Å². The Bertz CT molecular complexity index is 3050. The zero-order chi connectivity index (χ0) is 38.9. The van der Waals surface area contributed by atoms with Crippen molar-refractivity contribution in [2.45, 2.75) is 13.8 Å². The van der Waals surface area contributed by atoms with E-state index in [2.05, 4.69) is 87.8 Å². The van der Waals surface area contributed by atoms with Crippen LogP contribution in [0.25, 0.3) is 95.2 Å². The van der Waals surface area contributed by atoms with Gasteiger partial charge in [-0.05, 0) is 78.6 Å². The molecule has 5 heterocycles. The Morgan fingerprint density at radius 1 is 0.509 bits per heavy atom. The predicted molar refractivity (Wildman–Crippen MR) is 232 cm³/mol. The molecule has 0 spiro atoms. The Kier molecular flexibility index (Phi) is 9.24. The van der Waals surface area contributed by atoms with Crippen LogP contribution in [0.4, 0.5) is 0 Å². The van der Waals surface area contributed by atoms with Crippen molar-refractivity contribution in [2.24, 2.45) is 0 Å². The number of fused-ring (bicyclic) bond motifs is 8. The number of H-pyrrole nitrogens is 3. The van der Waals surface area contributed by atoms with E-state index in [1.807, 2.05) is 91.0 Å². The molecule has 7 heteroatoms. The van der Waals surface area contributed by atoms with E-state index in [0.717, 1.165) is 78.0 Å². The van der Waals surface area contributed by atoms with Crippen LogP contribution in [-0.2, 0) is 14.3 Å². The highest BCUT2D eigenvalue weighted by Crippen LogP contribution is 2.37. The van der Waals surface area contributed by atoms with Gasteiger partial charge in [-0.1, -0.05) is 121 Å². The zero-order valence-electron chi connectivity index (χ0n) is 31.5. The van der Waals surface area contributed by atoms with Gasteiger partial charge in [-0.25, -0.2) is 9.78 Å². The number of aromatic amines is 3. The number of nitrogens with one attached hydrogen (secondary N) is 3. The van der Waals surface area contributed by atoms with Crippen LogP contribution in [-0.4, -0.2) is 38.3 Å². The Morgan fingerprint density at radius 2 is 0.912 bits per heavy atom. The van der Waals surface area contributed by atoms with Crippen LogP contribution in [0.2, 0.25) is 0 Å². The molecule has 9 rings (SSSR count). The molecule has 0 aliphatic carbocycles. The van der Waals surface area contributed by atoms with Gasteiger partial charge < -0.3 is 19.7 Å². The molecule has 1 aliphatic rings. The van der Waals surface area contributed by atoms with Gasteiger partial charge >= 0.3 is 5.97 Å². The summed E-state index contributed by atoms with van der Waals surface area (Å²) in [6, 6.07) is 51.0. The number of carbonyl (C=O) groups is 2. The van der Waals surface area contributed by atoms with E-state index in [1.165, 1.54) is 6.92 Å². The topological polar surface area (TPSA) is 104 Å².